The Morgan fingerprint density at radius 1 is 1.29 bits per heavy atom. The Morgan fingerprint density at radius 2 is 2.00 bits per heavy atom. The van der Waals surface area contributed by atoms with Crippen LogP contribution >= 0.6 is 11.6 Å². The van der Waals surface area contributed by atoms with Crippen molar-refractivity contribution in [2.24, 2.45) is 11.3 Å². The summed E-state index contributed by atoms with van der Waals surface area (Å²) in [6, 6.07) is 5.14. The molecule has 0 aromatic heterocycles. The van der Waals surface area contributed by atoms with Gasteiger partial charge in [-0.3, -0.25) is 0 Å². The Kier molecular flexibility index (Phi) is 6.10. The molecule has 0 spiro atoms. The maximum atomic E-state index is 13.5. The second-order valence-corrected chi connectivity index (χ2v) is 7.23. The molecule has 0 nitrogen and oxygen atoms in total. The number of rotatable bonds is 6. The van der Waals surface area contributed by atoms with E-state index in [1.807, 2.05) is 6.07 Å². The molecule has 1 fully saturated rings. The van der Waals surface area contributed by atoms with Crippen LogP contribution in [-0.4, -0.2) is 5.88 Å². The quantitative estimate of drug-likeness (QED) is 0.542. The molecule has 0 radical (unpaired) electrons. The molecule has 0 saturated heterocycles. The molecule has 0 amide bonds. The number of hydrogen-bond acceptors (Lipinski definition) is 0. The molecular formula is C19H28ClF. The number of hydrogen-bond donors (Lipinski definition) is 0. The van der Waals surface area contributed by atoms with E-state index in [-0.39, 0.29) is 11.2 Å². The van der Waals surface area contributed by atoms with Crippen molar-refractivity contribution >= 4 is 11.6 Å². The Bertz CT molecular complexity index is 447. The number of aryl methyl sites for hydroxylation is 1. The maximum absolute atomic E-state index is 13.5. The number of halogens is 2. The lowest BCUT2D eigenvalue weighted by molar-refractivity contribution is 0.165. The van der Waals surface area contributed by atoms with Crippen LogP contribution in [0.4, 0.5) is 4.39 Å². The zero-order valence-corrected chi connectivity index (χ0v) is 14.2. The molecule has 1 aliphatic carbocycles. The fourth-order valence-corrected chi connectivity index (χ4v) is 4.03. The van der Waals surface area contributed by atoms with Crippen molar-refractivity contribution in [2.45, 2.75) is 65.2 Å². The molecule has 0 bridgehead atoms. The normalized spacial score (nSPS) is 26.0. The molecule has 118 valence electrons. The third-order valence-electron chi connectivity index (χ3n) is 5.29. The van der Waals surface area contributed by atoms with Crippen LogP contribution in [0.3, 0.4) is 0 Å². The fraction of sp³-hybridized carbons (Fsp3) is 0.684. The Morgan fingerprint density at radius 3 is 2.62 bits per heavy atom. The summed E-state index contributed by atoms with van der Waals surface area (Å²) >= 11 is 6.34. The summed E-state index contributed by atoms with van der Waals surface area (Å²) < 4.78 is 13.5. The minimum Gasteiger partial charge on any atom is -0.207 e. The van der Waals surface area contributed by atoms with E-state index in [9.17, 15) is 4.39 Å². The van der Waals surface area contributed by atoms with E-state index in [4.69, 9.17) is 11.6 Å². The van der Waals surface area contributed by atoms with Crippen molar-refractivity contribution in [3.63, 3.8) is 0 Å². The highest BCUT2D eigenvalue weighted by Crippen LogP contribution is 2.44. The highest BCUT2D eigenvalue weighted by Gasteiger charge is 2.34. The summed E-state index contributed by atoms with van der Waals surface area (Å²) in [6.45, 7) is 4.34. The van der Waals surface area contributed by atoms with Crippen molar-refractivity contribution in [1.82, 2.24) is 0 Å². The summed E-state index contributed by atoms with van der Waals surface area (Å²) in [5, 5.41) is 0. The van der Waals surface area contributed by atoms with Gasteiger partial charge in [0.15, 0.2) is 0 Å². The second-order valence-electron chi connectivity index (χ2n) is 6.97. The van der Waals surface area contributed by atoms with Gasteiger partial charge in [0.1, 0.15) is 5.82 Å². The monoisotopic (exact) mass is 310 g/mol. The predicted molar refractivity (Wildman–Crippen MR) is 89.5 cm³/mol. The molecule has 21 heavy (non-hydrogen) atoms. The Balaban J connectivity index is 2.01. The van der Waals surface area contributed by atoms with Crippen LogP contribution in [0.25, 0.3) is 0 Å². The highest BCUT2D eigenvalue weighted by molar-refractivity contribution is 6.18. The lowest BCUT2D eigenvalue weighted by Gasteiger charge is -2.39. The second kappa shape index (κ2) is 7.63. The first-order chi connectivity index (χ1) is 10.1. The van der Waals surface area contributed by atoms with Crippen LogP contribution in [0.5, 0.6) is 0 Å². The molecular weight excluding hydrogens is 283 g/mol. The van der Waals surface area contributed by atoms with Crippen molar-refractivity contribution in [3.05, 3.63) is 35.1 Å². The van der Waals surface area contributed by atoms with E-state index >= 15 is 0 Å². The van der Waals surface area contributed by atoms with Gasteiger partial charge >= 0.3 is 0 Å². The average Bonchev–Trinajstić information content (AvgIpc) is 2.50. The minimum absolute atomic E-state index is 0.128. The van der Waals surface area contributed by atoms with Crippen molar-refractivity contribution in [3.8, 4) is 0 Å². The van der Waals surface area contributed by atoms with Crippen LogP contribution in [0.2, 0.25) is 0 Å². The van der Waals surface area contributed by atoms with Gasteiger partial charge in [0, 0.05) is 5.88 Å². The summed E-state index contributed by atoms with van der Waals surface area (Å²) in [7, 11) is 0. The maximum Gasteiger partial charge on any atom is 0.123 e. The van der Waals surface area contributed by atoms with E-state index in [2.05, 4.69) is 13.8 Å². The standard InChI is InChI=1S/C19H28ClF/c1-3-4-5-16-8-10-19(14-20,11-9-16)13-17-12-18(21)7-6-15(17)2/h6-7,12,16H,3-5,8-11,13-14H2,1-2H3. The molecule has 1 saturated carbocycles. The first-order valence-electron chi connectivity index (χ1n) is 8.39. The van der Waals surface area contributed by atoms with E-state index in [1.54, 1.807) is 12.1 Å². The highest BCUT2D eigenvalue weighted by atomic mass is 35.5. The number of unbranched alkanes of at least 4 members (excludes halogenated alkanes) is 1. The van der Waals surface area contributed by atoms with Crippen molar-refractivity contribution < 1.29 is 4.39 Å². The van der Waals surface area contributed by atoms with Crippen molar-refractivity contribution in [2.75, 3.05) is 5.88 Å². The van der Waals surface area contributed by atoms with Crippen LogP contribution in [0.15, 0.2) is 18.2 Å². The van der Waals surface area contributed by atoms with Crippen LogP contribution < -0.4 is 0 Å². The van der Waals surface area contributed by atoms with Gasteiger partial charge in [0.25, 0.3) is 0 Å². The van der Waals surface area contributed by atoms with Crippen LogP contribution in [-0.2, 0) is 6.42 Å². The summed E-state index contributed by atoms with van der Waals surface area (Å²) in [6.07, 6.45) is 9.92. The van der Waals surface area contributed by atoms with Gasteiger partial charge in [-0.05, 0) is 73.6 Å². The summed E-state index contributed by atoms with van der Waals surface area (Å²) in [5.41, 5.74) is 2.51. The smallest absolute Gasteiger partial charge is 0.123 e. The first kappa shape index (κ1) is 16.8. The predicted octanol–water partition coefficient (Wildman–Crippen LogP) is 6.28. The van der Waals surface area contributed by atoms with Crippen LogP contribution in [0, 0.1) is 24.1 Å². The molecule has 0 atom stereocenters. The largest absolute Gasteiger partial charge is 0.207 e. The number of alkyl halides is 1. The third-order valence-corrected chi connectivity index (χ3v) is 5.86. The van der Waals surface area contributed by atoms with E-state index in [0.717, 1.165) is 17.9 Å². The van der Waals surface area contributed by atoms with Gasteiger partial charge in [0.2, 0.25) is 0 Å². The molecule has 0 N–H and O–H groups in total. The molecule has 1 aliphatic rings. The Hall–Kier alpha value is -0.560. The van der Waals surface area contributed by atoms with E-state index in [1.165, 1.54) is 50.5 Å². The minimum atomic E-state index is -0.128. The molecule has 0 unspecified atom stereocenters. The van der Waals surface area contributed by atoms with Gasteiger partial charge in [-0.2, -0.15) is 0 Å². The van der Waals surface area contributed by atoms with Crippen molar-refractivity contribution in [1.29, 1.82) is 0 Å². The van der Waals surface area contributed by atoms with Gasteiger partial charge in [-0.25, -0.2) is 4.39 Å². The SMILES string of the molecule is CCCCC1CCC(CCl)(Cc2cc(F)ccc2C)CC1. The fourth-order valence-electron chi connectivity index (χ4n) is 3.66. The van der Waals surface area contributed by atoms with Gasteiger partial charge < -0.3 is 0 Å². The van der Waals surface area contributed by atoms with Crippen LogP contribution in [0.1, 0.15) is 63.0 Å². The molecule has 0 heterocycles. The first-order valence-corrected chi connectivity index (χ1v) is 8.93. The van der Waals surface area contributed by atoms with Gasteiger partial charge in [-0.15, -0.1) is 11.6 Å². The third kappa shape index (κ3) is 4.45. The molecule has 1 aromatic carbocycles. The molecule has 2 rings (SSSR count). The van der Waals surface area contributed by atoms with Gasteiger partial charge in [-0.1, -0.05) is 32.3 Å². The van der Waals surface area contributed by atoms with E-state index in [0.29, 0.717) is 5.88 Å². The molecule has 2 heteroatoms. The lowest BCUT2D eigenvalue weighted by atomic mass is 9.67. The molecule has 1 aromatic rings. The Labute approximate surface area is 134 Å². The van der Waals surface area contributed by atoms with Gasteiger partial charge in [0.05, 0.1) is 0 Å². The summed E-state index contributed by atoms with van der Waals surface area (Å²) in [5.74, 6) is 1.45. The average molecular weight is 311 g/mol. The number of benzene rings is 1. The summed E-state index contributed by atoms with van der Waals surface area (Å²) in [4.78, 5) is 0. The zero-order chi connectivity index (χ0) is 15.3. The molecule has 0 aliphatic heterocycles. The van der Waals surface area contributed by atoms with E-state index < -0.39 is 0 Å². The zero-order valence-electron chi connectivity index (χ0n) is 13.4. The lowest BCUT2D eigenvalue weighted by Crippen LogP contribution is -2.32. The topological polar surface area (TPSA) is 0 Å².